The smallest absolute Gasteiger partial charge is 0.228 e. The maximum Gasteiger partial charge on any atom is 0.228 e. The minimum Gasteiger partial charge on any atom is -0.481 e. The highest BCUT2D eigenvalue weighted by atomic mass is 16.5. The van der Waals surface area contributed by atoms with Crippen LogP contribution >= 0.6 is 0 Å². The van der Waals surface area contributed by atoms with Gasteiger partial charge >= 0.3 is 0 Å². The SMILES string of the molecule is COc1cc(-c2noc(CCNC3CC3)n2)ncn1. The molecule has 3 rings (SSSR count). The van der Waals surface area contributed by atoms with Crippen LogP contribution in [-0.4, -0.2) is 39.8 Å². The summed E-state index contributed by atoms with van der Waals surface area (Å²) in [5.74, 6) is 1.55. The minimum absolute atomic E-state index is 0.460. The Hall–Kier alpha value is -2.02. The first-order valence-electron chi connectivity index (χ1n) is 6.27. The van der Waals surface area contributed by atoms with Crippen LogP contribution in [0.4, 0.5) is 0 Å². The fourth-order valence-corrected chi connectivity index (χ4v) is 1.70. The molecule has 0 radical (unpaired) electrons. The lowest BCUT2D eigenvalue weighted by Gasteiger charge is -1.98. The Balaban J connectivity index is 1.65. The standard InChI is InChI=1S/C12H15N5O2/c1-18-11-6-9(14-7-15-11)12-16-10(19-17-12)4-5-13-8-2-3-8/h6-8,13H,2-5H2,1H3. The zero-order valence-corrected chi connectivity index (χ0v) is 10.7. The first-order valence-corrected chi connectivity index (χ1v) is 6.27. The minimum atomic E-state index is 0.460. The zero-order chi connectivity index (χ0) is 13.1. The highest BCUT2D eigenvalue weighted by molar-refractivity contribution is 5.49. The van der Waals surface area contributed by atoms with Crippen LogP contribution in [0, 0.1) is 0 Å². The van der Waals surface area contributed by atoms with Gasteiger partial charge in [0.25, 0.3) is 0 Å². The molecule has 2 heterocycles. The van der Waals surface area contributed by atoms with E-state index in [9.17, 15) is 0 Å². The van der Waals surface area contributed by atoms with Crippen molar-refractivity contribution >= 4 is 0 Å². The molecule has 0 bridgehead atoms. The van der Waals surface area contributed by atoms with Crippen LogP contribution in [0.3, 0.4) is 0 Å². The van der Waals surface area contributed by atoms with E-state index in [2.05, 4.69) is 25.4 Å². The van der Waals surface area contributed by atoms with Crippen LogP contribution in [0.2, 0.25) is 0 Å². The summed E-state index contributed by atoms with van der Waals surface area (Å²) in [6.07, 6.45) is 4.69. The second-order valence-electron chi connectivity index (χ2n) is 4.44. The molecule has 0 unspecified atom stereocenters. The fraction of sp³-hybridized carbons (Fsp3) is 0.500. The number of hydrogen-bond donors (Lipinski definition) is 1. The van der Waals surface area contributed by atoms with Crippen molar-refractivity contribution in [1.82, 2.24) is 25.4 Å². The monoisotopic (exact) mass is 261 g/mol. The van der Waals surface area contributed by atoms with Gasteiger partial charge in [0.2, 0.25) is 17.6 Å². The average molecular weight is 261 g/mol. The number of aromatic nitrogens is 4. The molecule has 2 aromatic rings. The maximum absolute atomic E-state index is 5.19. The Kier molecular flexibility index (Phi) is 3.37. The van der Waals surface area contributed by atoms with Gasteiger partial charge in [-0.05, 0) is 12.8 Å². The van der Waals surface area contributed by atoms with E-state index in [1.807, 2.05) is 0 Å². The summed E-state index contributed by atoms with van der Waals surface area (Å²) in [4.78, 5) is 12.3. The molecule has 0 spiro atoms. The Labute approximate surface area is 110 Å². The van der Waals surface area contributed by atoms with E-state index in [4.69, 9.17) is 9.26 Å². The molecule has 7 heteroatoms. The predicted octanol–water partition coefficient (Wildman–Crippen LogP) is 0.830. The molecular formula is C12H15N5O2. The fourth-order valence-electron chi connectivity index (χ4n) is 1.70. The summed E-state index contributed by atoms with van der Waals surface area (Å²) in [6, 6.07) is 2.37. The van der Waals surface area contributed by atoms with Crippen molar-refractivity contribution in [1.29, 1.82) is 0 Å². The molecule has 1 aliphatic carbocycles. The Bertz CT molecular complexity index is 553. The van der Waals surface area contributed by atoms with Crippen molar-refractivity contribution in [3.8, 4) is 17.4 Å². The van der Waals surface area contributed by atoms with E-state index < -0.39 is 0 Å². The summed E-state index contributed by atoms with van der Waals surface area (Å²) >= 11 is 0. The predicted molar refractivity (Wildman–Crippen MR) is 66.6 cm³/mol. The van der Waals surface area contributed by atoms with E-state index in [1.165, 1.54) is 19.2 Å². The molecule has 7 nitrogen and oxygen atoms in total. The highest BCUT2D eigenvalue weighted by Crippen LogP contribution is 2.19. The molecule has 1 N–H and O–H groups in total. The lowest BCUT2D eigenvalue weighted by Crippen LogP contribution is -2.19. The molecule has 0 atom stereocenters. The third kappa shape index (κ3) is 3.05. The number of methoxy groups -OCH3 is 1. The summed E-state index contributed by atoms with van der Waals surface area (Å²) < 4.78 is 10.2. The van der Waals surface area contributed by atoms with Gasteiger partial charge in [0.05, 0.1) is 7.11 Å². The second-order valence-corrected chi connectivity index (χ2v) is 4.44. The van der Waals surface area contributed by atoms with Crippen molar-refractivity contribution in [3.63, 3.8) is 0 Å². The van der Waals surface area contributed by atoms with E-state index >= 15 is 0 Å². The molecule has 1 aliphatic rings. The van der Waals surface area contributed by atoms with Gasteiger partial charge in [0, 0.05) is 25.1 Å². The largest absolute Gasteiger partial charge is 0.481 e. The van der Waals surface area contributed by atoms with Crippen LogP contribution in [0.1, 0.15) is 18.7 Å². The van der Waals surface area contributed by atoms with Gasteiger partial charge in [0.15, 0.2) is 0 Å². The van der Waals surface area contributed by atoms with Crippen LogP contribution in [-0.2, 0) is 6.42 Å². The molecular weight excluding hydrogens is 246 g/mol. The van der Waals surface area contributed by atoms with E-state index in [0.717, 1.165) is 13.0 Å². The third-order valence-corrected chi connectivity index (χ3v) is 2.90. The first-order chi connectivity index (χ1) is 9.35. The van der Waals surface area contributed by atoms with Crippen molar-refractivity contribution in [2.24, 2.45) is 0 Å². The van der Waals surface area contributed by atoms with E-state index in [0.29, 0.717) is 29.3 Å². The van der Waals surface area contributed by atoms with Gasteiger partial charge < -0.3 is 14.6 Å². The zero-order valence-electron chi connectivity index (χ0n) is 10.7. The van der Waals surface area contributed by atoms with Crippen LogP contribution in [0.5, 0.6) is 5.88 Å². The van der Waals surface area contributed by atoms with Gasteiger partial charge in [-0.15, -0.1) is 0 Å². The maximum atomic E-state index is 5.19. The topological polar surface area (TPSA) is 86.0 Å². The van der Waals surface area contributed by atoms with Crippen LogP contribution in [0.25, 0.3) is 11.5 Å². The van der Waals surface area contributed by atoms with Gasteiger partial charge in [-0.2, -0.15) is 4.98 Å². The Morgan fingerprint density at radius 2 is 2.32 bits per heavy atom. The first kappa shape index (κ1) is 12.0. The van der Waals surface area contributed by atoms with Crippen LogP contribution in [0.15, 0.2) is 16.9 Å². The van der Waals surface area contributed by atoms with Crippen molar-refractivity contribution < 1.29 is 9.26 Å². The summed E-state index contributed by atoms with van der Waals surface area (Å²) in [5, 5.41) is 7.31. The average Bonchev–Trinajstić information content (AvgIpc) is 3.15. The van der Waals surface area contributed by atoms with Crippen molar-refractivity contribution in [2.75, 3.05) is 13.7 Å². The molecule has 1 saturated carbocycles. The molecule has 1 fully saturated rings. The van der Waals surface area contributed by atoms with Crippen molar-refractivity contribution in [2.45, 2.75) is 25.3 Å². The highest BCUT2D eigenvalue weighted by Gasteiger charge is 2.20. The van der Waals surface area contributed by atoms with Gasteiger partial charge in [-0.1, -0.05) is 5.16 Å². The number of nitrogens with zero attached hydrogens (tertiary/aromatic N) is 4. The lowest BCUT2D eigenvalue weighted by molar-refractivity contribution is 0.376. The van der Waals surface area contributed by atoms with Crippen LogP contribution < -0.4 is 10.1 Å². The number of rotatable bonds is 6. The number of ether oxygens (including phenoxy) is 1. The Morgan fingerprint density at radius 1 is 1.42 bits per heavy atom. The molecule has 0 aromatic carbocycles. The van der Waals surface area contributed by atoms with Gasteiger partial charge in [-0.25, -0.2) is 9.97 Å². The summed E-state index contributed by atoms with van der Waals surface area (Å²) in [6.45, 7) is 0.861. The van der Waals surface area contributed by atoms with Crippen molar-refractivity contribution in [3.05, 3.63) is 18.3 Å². The summed E-state index contributed by atoms with van der Waals surface area (Å²) in [5.41, 5.74) is 0.594. The van der Waals surface area contributed by atoms with E-state index in [1.54, 1.807) is 13.2 Å². The normalized spacial score (nSPS) is 14.6. The Morgan fingerprint density at radius 3 is 3.11 bits per heavy atom. The third-order valence-electron chi connectivity index (χ3n) is 2.90. The molecule has 100 valence electrons. The second kappa shape index (κ2) is 5.31. The van der Waals surface area contributed by atoms with Gasteiger partial charge in [0.1, 0.15) is 12.0 Å². The molecule has 2 aromatic heterocycles. The number of hydrogen-bond acceptors (Lipinski definition) is 7. The van der Waals surface area contributed by atoms with E-state index in [-0.39, 0.29) is 0 Å². The lowest BCUT2D eigenvalue weighted by atomic mass is 10.3. The van der Waals surface area contributed by atoms with Gasteiger partial charge in [-0.3, -0.25) is 0 Å². The molecule has 0 aliphatic heterocycles. The molecule has 19 heavy (non-hydrogen) atoms. The molecule has 0 saturated heterocycles. The number of nitrogens with one attached hydrogen (secondary N) is 1. The molecule has 0 amide bonds. The quantitative estimate of drug-likeness (QED) is 0.824. The summed E-state index contributed by atoms with van der Waals surface area (Å²) in [7, 11) is 1.55.